The molecule has 0 aliphatic heterocycles. The number of carbonyl (C=O) groups is 1. The topological polar surface area (TPSA) is 42.1 Å². The number of aromatic nitrogens is 1. The molecule has 0 aliphatic carbocycles. The van der Waals surface area contributed by atoms with Crippen LogP contribution in [0.1, 0.15) is 5.56 Å². The Labute approximate surface area is 93.7 Å². The molecule has 0 saturated carbocycles. The van der Waals surface area contributed by atoms with Gasteiger partial charge < -0.3 is 9.72 Å². The van der Waals surface area contributed by atoms with Gasteiger partial charge >= 0.3 is 5.97 Å². The van der Waals surface area contributed by atoms with Crippen molar-refractivity contribution in [2.24, 2.45) is 0 Å². The first-order valence-corrected chi connectivity index (χ1v) is 5.12. The standard InChI is InChI=1S/C13H13NO2/c1-2-7-16-13(15)9-10-3-4-11-5-6-14-12(11)8-10/h2-6,8,14H,1,7,9H2. The third-order valence-corrected chi connectivity index (χ3v) is 2.33. The van der Waals surface area contributed by atoms with E-state index in [1.165, 1.54) is 0 Å². The Morgan fingerprint density at radius 1 is 1.44 bits per heavy atom. The molecule has 82 valence electrons. The molecule has 0 aliphatic rings. The molecule has 0 bridgehead atoms. The second-order valence-corrected chi connectivity index (χ2v) is 3.55. The van der Waals surface area contributed by atoms with Gasteiger partial charge in [-0.05, 0) is 23.1 Å². The van der Waals surface area contributed by atoms with Crippen molar-refractivity contribution >= 4 is 16.9 Å². The van der Waals surface area contributed by atoms with E-state index in [4.69, 9.17) is 4.74 Å². The molecule has 0 saturated heterocycles. The lowest BCUT2D eigenvalue weighted by Crippen LogP contribution is -2.07. The predicted octanol–water partition coefficient (Wildman–Crippen LogP) is 2.44. The predicted molar refractivity (Wildman–Crippen MR) is 63.2 cm³/mol. The molecule has 1 N–H and O–H groups in total. The molecule has 0 spiro atoms. The maximum Gasteiger partial charge on any atom is 0.310 e. The Morgan fingerprint density at radius 3 is 3.12 bits per heavy atom. The van der Waals surface area contributed by atoms with Crippen molar-refractivity contribution in [2.45, 2.75) is 6.42 Å². The molecule has 0 unspecified atom stereocenters. The number of H-pyrrole nitrogens is 1. The SMILES string of the molecule is C=CCOC(=O)Cc1ccc2cc[nH]c2c1. The molecular formula is C13H13NO2. The van der Waals surface area contributed by atoms with Crippen LogP contribution in [0.4, 0.5) is 0 Å². The zero-order valence-corrected chi connectivity index (χ0v) is 8.90. The largest absolute Gasteiger partial charge is 0.461 e. The van der Waals surface area contributed by atoms with E-state index in [0.29, 0.717) is 6.42 Å². The number of hydrogen-bond acceptors (Lipinski definition) is 2. The highest BCUT2D eigenvalue weighted by atomic mass is 16.5. The number of carbonyl (C=O) groups excluding carboxylic acids is 1. The molecular weight excluding hydrogens is 202 g/mol. The molecule has 0 fully saturated rings. The van der Waals surface area contributed by atoms with Crippen LogP contribution in [-0.2, 0) is 16.0 Å². The Hall–Kier alpha value is -2.03. The Bertz CT molecular complexity index is 513. The fourth-order valence-corrected chi connectivity index (χ4v) is 1.57. The number of hydrogen-bond donors (Lipinski definition) is 1. The van der Waals surface area contributed by atoms with Gasteiger partial charge in [-0.25, -0.2) is 0 Å². The Balaban J connectivity index is 2.08. The lowest BCUT2D eigenvalue weighted by Gasteiger charge is -2.02. The summed E-state index contributed by atoms with van der Waals surface area (Å²) >= 11 is 0. The van der Waals surface area contributed by atoms with Gasteiger partial charge in [0.05, 0.1) is 6.42 Å². The number of esters is 1. The zero-order valence-electron chi connectivity index (χ0n) is 8.90. The van der Waals surface area contributed by atoms with Gasteiger partial charge in [-0.3, -0.25) is 4.79 Å². The number of ether oxygens (including phenoxy) is 1. The smallest absolute Gasteiger partial charge is 0.310 e. The van der Waals surface area contributed by atoms with Gasteiger partial charge in [-0.2, -0.15) is 0 Å². The second kappa shape index (κ2) is 4.66. The van der Waals surface area contributed by atoms with Gasteiger partial charge in [-0.1, -0.05) is 24.8 Å². The number of rotatable bonds is 4. The number of fused-ring (bicyclic) bond motifs is 1. The molecule has 16 heavy (non-hydrogen) atoms. The van der Waals surface area contributed by atoms with Crippen LogP contribution in [0.2, 0.25) is 0 Å². The van der Waals surface area contributed by atoms with Crippen molar-refractivity contribution in [3.05, 3.63) is 48.7 Å². The third-order valence-electron chi connectivity index (χ3n) is 2.33. The van der Waals surface area contributed by atoms with Gasteiger partial charge in [0.1, 0.15) is 6.61 Å². The van der Waals surface area contributed by atoms with Crippen LogP contribution in [0, 0.1) is 0 Å². The fraction of sp³-hybridized carbons (Fsp3) is 0.154. The maximum absolute atomic E-state index is 11.4. The minimum absolute atomic E-state index is 0.231. The maximum atomic E-state index is 11.4. The summed E-state index contributed by atoms with van der Waals surface area (Å²) in [6.45, 7) is 3.76. The van der Waals surface area contributed by atoms with Crippen LogP contribution in [0.5, 0.6) is 0 Å². The van der Waals surface area contributed by atoms with E-state index in [2.05, 4.69) is 11.6 Å². The lowest BCUT2D eigenvalue weighted by atomic mass is 10.1. The summed E-state index contributed by atoms with van der Waals surface area (Å²) in [5.41, 5.74) is 1.98. The van der Waals surface area contributed by atoms with Gasteiger partial charge in [0.15, 0.2) is 0 Å². The Morgan fingerprint density at radius 2 is 2.31 bits per heavy atom. The van der Waals surface area contributed by atoms with E-state index in [9.17, 15) is 4.79 Å². The Kier molecular flexibility index (Phi) is 3.05. The molecule has 0 radical (unpaired) electrons. The molecule has 2 rings (SSSR count). The fourth-order valence-electron chi connectivity index (χ4n) is 1.57. The van der Waals surface area contributed by atoms with E-state index >= 15 is 0 Å². The monoisotopic (exact) mass is 215 g/mol. The summed E-state index contributed by atoms with van der Waals surface area (Å²) in [4.78, 5) is 14.5. The van der Waals surface area contributed by atoms with E-state index in [-0.39, 0.29) is 12.6 Å². The zero-order chi connectivity index (χ0) is 11.4. The molecule has 3 heteroatoms. The van der Waals surface area contributed by atoms with E-state index in [1.807, 2.05) is 30.5 Å². The molecule has 1 heterocycles. The number of aromatic amines is 1. The van der Waals surface area contributed by atoms with Crippen molar-refractivity contribution in [1.82, 2.24) is 4.98 Å². The summed E-state index contributed by atoms with van der Waals surface area (Å²) < 4.78 is 4.92. The number of nitrogens with one attached hydrogen (secondary N) is 1. The average Bonchev–Trinajstić information content (AvgIpc) is 2.73. The second-order valence-electron chi connectivity index (χ2n) is 3.55. The summed E-state index contributed by atoms with van der Waals surface area (Å²) in [5, 5.41) is 1.14. The van der Waals surface area contributed by atoms with E-state index < -0.39 is 0 Å². The minimum Gasteiger partial charge on any atom is -0.461 e. The van der Waals surface area contributed by atoms with Crippen LogP contribution < -0.4 is 0 Å². The molecule has 2 aromatic rings. The van der Waals surface area contributed by atoms with Crippen molar-refractivity contribution < 1.29 is 9.53 Å². The summed E-state index contributed by atoms with van der Waals surface area (Å²) in [6, 6.07) is 7.88. The normalized spacial score (nSPS) is 10.2. The van der Waals surface area contributed by atoms with Gasteiger partial charge in [0, 0.05) is 11.7 Å². The van der Waals surface area contributed by atoms with Crippen molar-refractivity contribution in [2.75, 3.05) is 6.61 Å². The van der Waals surface area contributed by atoms with Crippen LogP contribution in [0.15, 0.2) is 43.1 Å². The quantitative estimate of drug-likeness (QED) is 0.628. The third kappa shape index (κ3) is 2.31. The summed E-state index contributed by atoms with van der Waals surface area (Å²) in [5.74, 6) is -0.231. The van der Waals surface area contributed by atoms with Crippen LogP contribution in [-0.4, -0.2) is 17.6 Å². The number of benzene rings is 1. The highest BCUT2D eigenvalue weighted by Crippen LogP contribution is 2.14. The van der Waals surface area contributed by atoms with Crippen LogP contribution in [0.3, 0.4) is 0 Å². The van der Waals surface area contributed by atoms with Gasteiger partial charge in [0.2, 0.25) is 0 Å². The first kappa shape index (κ1) is 10.5. The first-order chi connectivity index (χ1) is 7.79. The van der Waals surface area contributed by atoms with Crippen LogP contribution in [0.25, 0.3) is 10.9 Å². The van der Waals surface area contributed by atoms with Crippen molar-refractivity contribution in [1.29, 1.82) is 0 Å². The van der Waals surface area contributed by atoms with E-state index in [1.54, 1.807) is 6.08 Å². The van der Waals surface area contributed by atoms with Crippen molar-refractivity contribution in [3.8, 4) is 0 Å². The molecule has 1 aromatic carbocycles. The van der Waals surface area contributed by atoms with Gasteiger partial charge in [0.25, 0.3) is 0 Å². The van der Waals surface area contributed by atoms with Gasteiger partial charge in [-0.15, -0.1) is 0 Å². The van der Waals surface area contributed by atoms with Crippen LogP contribution >= 0.6 is 0 Å². The van der Waals surface area contributed by atoms with Crippen molar-refractivity contribution in [3.63, 3.8) is 0 Å². The highest BCUT2D eigenvalue weighted by molar-refractivity contribution is 5.81. The first-order valence-electron chi connectivity index (χ1n) is 5.12. The molecule has 0 amide bonds. The highest BCUT2D eigenvalue weighted by Gasteiger charge is 2.04. The minimum atomic E-state index is -0.231. The molecule has 0 atom stereocenters. The van der Waals surface area contributed by atoms with E-state index in [0.717, 1.165) is 16.5 Å². The molecule has 1 aromatic heterocycles. The lowest BCUT2D eigenvalue weighted by molar-refractivity contribution is -0.141. The average molecular weight is 215 g/mol. The molecule has 3 nitrogen and oxygen atoms in total. The summed E-state index contributed by atoms with van der Waals surface area (Å²) in [6.07, 6.45) is 3.74. The summed E-state index contributed by atoms with van der Waals surface area (Å²) in [7, 11) is 0.